The highest BCUT2D eigenvalue weighted by atomic mass is 16.4. The number of aliphatic carboxylic acids is 1. The lowest BCUT2D eigenvalue weighted by molar-refractivity contribution is -0.142. The van der Waals surface area contributed by atoms with E-state index in [0.717, 1.165) is 11.1 Å². The summed E-state index contributed by atoms with van der Waals surface area (Å²) in [5.41, 5.74) is 5.84. The maximum absolute atomic E-state index is 11.8. The van der Waals surface area contributed by atoms with Gasteiger partial charge in [0.25, 0.3) is 0 Å². The molecule has 1 atom stereocenters. The number of nitrogens with two attached hydrogens (primary N) is 1. The minimum atomic E-state index is -1.46. The van der Waals surface area contributed by atoms with E-state index in [-0.39, 0.29) is 18.9 Å². The van der Waals surface area contributed by atoms with Gasteiger partial charge in [-0.05, 0) is 18.1 Å². The Balaban J connectivity index is 2.54. The molecule has 0 aliphatic rings. The number of aliphatic hydroxyl groups is 1. The number of rotatable bonds is 7. The summed E-state index contributed by atoms with van der Waals surface area (Å²) in [6.45, 7) is 1.61. The van der Waals surface area contributed by atoms with Gasteiger partial charge in [0.1, 0.15) is 0 Å². The van der Waals surface area contributed by atoms with E-state index in [1.54, 1.807) is 0 Å². The number of benzene rings is 1. The van der Waals surface area contributed by atoms with Crippen molar-refractivity contribution in [3.63, 3.8) is 0 Å². The van der Waals surface area contributed by atoms with Gasteiger partial charge in [0.2, 0.25) is 5.91 Å². The fourth-order valence-electron chi connectivity index (χ4n) is 1.84. The number of carboxylic acid groups (broad SMARTS) is 1. The molecule has 0 saturated carbocycles. The topological polar surface area (TPSA) is 113 Å². The highest BCUT2D eigenvalue weighted by Crippen LogP contribution is 2.10. The van der Waals surface area contributed by atoms with E-state index >= 15 is 0 Å². The third kappa shape index (κ3) is 5.38. The summed E-state index contributed by atoms with van der Waals surface area (Å²) in [6, 6.07) is 7.34. The molecule has 0 saturated heterocycles. The standard InChI is InChI=1S/C14H20N2O4/c1-14(20,7-13(18)19)9-16-12(17)6-10-4-2-3-5-11(10)8-15/h2-5,20H,6-9,15H2,1H3,(H,16,17)(H,18,19). The molecule has 1 amide bonds. The molecule has 20 heavy (non-hydrogen) atoms. The number of hydrogen-bond donors (Lipinski definition) is 4. The van der Waals surface area contributed by atoms with E-state index in [0.29, 0.717) is 6.54 Å². The Hall–Kier alpha value is -1.92. The molecule has 0 aliphatic heterocycles. The van der Waals surface area contributed by atoms with Crippen LogP contribution in [0.2, 0.25) is 0 Å². The highest BCUT2D eigenvalue weighted by molar-refractivity contribution is 5.79. The van der Waals surface area contributed by atoms with Crippen LogP contribution in [-0.4, -0.2) is 34.2 Å². The van der Waals surface area contributed by atoms with Crippen molar-refractivity contribution in [3.8, 4) is 0 Å². The van der Waals surface area contributed by atoms with Gasteiger partial charge in [-0.15, -0.1) is 0 Å². The normalized spacial score (nSPS) is 13.6. The zero-order valence-corrected chi connectivity index (χ0v) is 11.4. The van der Waals surface area contributed by atoms with Crippen LogP contribution >= 0.6 is 0 Å². The molecule has 0 heterocycles. The maximum Gasteiger partial charge on any atom is 0.306 e. The van der Waals surface area contributed by atoms with Crippen LogP contribution in [0.3, 0.4) is 0 Å². The number of carboxylic acids is 1. The van der Waals surface area contributed by atoms with Crippen molar-refractivity contribution in [2.24, 2.45) is 5.73 Å². The lowest BCUT2D eigenvalue weighted by Crippen LogP contribution is -2.42. The van der Waals surface area contributed by atoms with Crippen molar-refractivity contribution in [1.29, 1.82) is 0 Å². The van der Waals surface area contributed by atoms with Gasteiger partial charge >= 0.3 is 5.97 Å². The molecular weight excluding hydrogens is 260 g/mol. The average Bonchev–Trinajstić information content (AvgIpc) is 2.36. The molecule has 0 radical (unpaired) electrons. The second-order valence-electron chi connectivity index (χ2n) is 4.99. The largest absolute Gasteiger partial charge is 0.481 e. The SMILES string of the molecule is CC(O)(CNC(=O)Cc1ccccc1CN)CC(=O)O. The van der Waals surface area contributed by atoms with E-state index < -0.39 is 18.0 Å². The molecule has 6 nitrogen and oxygen atoms in total. The average molecular weight is 280 g/mol. The summed E-state index contributed by atoms with van der Waals surface area (Å²) in [4.78, 5) is 22.4. The van der Waals surface area contributed by atoms with Crippen LogP contribution in [0, 0.1) is 0 Å². The fraction of sp³-hybridized carbons (Fsp3) is 0.429. The van der Waals surface area contributed by atoms with E-state index in [4.69, 9.17) is 10.8 Å². The minimum absolute atomic E-state index is 0.108. The monoisotopic (exact) mass is 280 g/mol. The van der Waals surface area contributed by atoms with Crippen molar-refractivity contribution in [2.45, 2.75) is 31.9 Å². The third-order valence-corrected chi connectivity index (χ3v) is 2.89. The molecule has 1 aromatic carbocycles. The van der Waals surface area contributed by atoms with Crippen LogP contribution in [0.25, 0.3) is 0 Å². The van der Waals surface area contributed by atoms with Crippen molar-refractivity contribution >= 4 is 11.9 Å². The smallest absolute Gasteiger partial charge is 0.306 e. The Labute approximate surface area is 117 Å². The van der Waals surface area contributed by atoms with Crippen LogP contribution in [-0.2, 0) is 22.6 Å². The Morgan fingerprint density at radius 3 is 2.45 bits per heavy atom. The van der Waals surface area contributed by atoms with Crippen LogP contribution in [0.4, 0.5) is 0 Å². The first kappa shape index (κ1) is 16.1. The number of carbonyl (C=O) groups is 2. The summed E-state index contributed by atoms with van der Waals surface area (Å²) in [5, 5.41) is 21.0. The van der Waals surface area contributed by atoms with E-state index in [2.05, 4.69) is 5.32 Å². The first-order valence-corrected chi connectivity index (χ1v) is 6.32. The van der Waals surface area contributed by atoms with Gasteiger partial charge in [-0.1, -0.05) is 24.3 Å². The molecule has 0 aromatic heterocycles. The molecule has 0 bridgehead atoms. The van der Waals surface area contributed by atoms with Gasteiger partial charge in [0, 0.05) is 13.1 Å². The Morgan fingerprint density at radius 1 is 1.30 bits per heavy atom. The molecule has 1 unspecified atom stereocenters. The predicted molar refractivity (Wildman–Crippen MR) is 73.9 cm³/mol. The zero-order chi connectivity index (χ0) is 15.2. The number of nitrogens with one attached hydrogen (secondary N) is 1. The zero-order valence-electron chi connectivity index (χ0n) is 11.4. The van der Waals surface area contributed by atoms with Crippen molar-refractivity contribution in [1.82, 2.24) is 5.32 Å². The summed E-state index contributed by atoms with van der Waals surface area (Å²) >= 11 is 0. The summed E-state index contributed by atoms with van der Waals surface area (Å²) < 4.78 is 0. The van der Waals surface area contributed by atoms with E-state index in [1.807, 2.05) is 24.3 Å². The Kier molecular flexibility index (Phi) is 5.66. The van der Waals surface area contributed by atoms with Gasteiger partial charge in [-0.25, -0.2) is 0 Å². The number of amides is 1. The Bertz CT molecular complexity index is 486. The van der Waals surface area contributed by atoms with Gasteiger partial charge in [-0.2, -0.15) is 0 Å². The molecule has 6 heteroatoms. The second-order valence-corrected chi connectivity index (χ2v) is 4.99. The first-order valence-electron chi connectivity index (χ1n) is 6.32. The van der Waals surface area contributed by atoms with Crippen LogP contribution in [0.15, 0.2) is 24.3 Å². The summed E-state index contributed by atoms with van der Waals surface area (Å²) in [6.07, 6.45) is -0.275. The van der Waals surface area contributed by atoms with Crippen LogP contribution < -0.4 is 11.1 Å². The van der Waals surface area contributed by atoms with Crippen molar-refractivity contribution in [2.75, 3.05) is 6.54 Å². The van der Waals surface area contributed by atoms with Gasteiger partial charge in [0.05, 0.1) is 18.4 Å². The molecular formula is C14H20N2O4. The molecule has 1 rings (SSSR count). The molecule has 0 spiro atoms. The van der Waals surface area contributed by atoms with E-state index in [1.165, 1.54) is 6.92 Å². The second kappa shape index (κ2) is 7.02. The van der Waals surface area contributed by atoms with Crippen LogP contribution in [0.1, 0.15) is 24.5 Å². The maximum atomic E-state index is 11.8. The number of hydrogen-bond acceptors (Lipinski definition) is 4. The first-order chi connectivity index (χ1) is 9.34. The highest BCUT2D eigenvalue weighted by Gasteiger charge is 2.24. The molecule has 0 fully saturated rings. The Morgan fingerprint density at radius 2 is 1.90 bits per heavy atom. The van der Waals surface area contributed by atoms with Gasteiger partial charge in [-0.3, -0.25) is 9.59 Å². The molecule has 5 N–H and O–H groups in total. The lowest BCUT2D eigenvalue weighted by Gasteiger charge is -2.21. The van der Waals surface area contributed by atoms with Crippen molar-refractivity contribution < 1.29 is 19.8 Å². The predicted octanol–water partition coefficient (Wildman–Crippen LogP) is 0.0297. The molecule has 110 valence electrons. The van der Waals surface area contributed by atoms with Gasteiger partial charge < -0.3 is 21.3 Å². The van der Waals surface area contributed by atoms with E-state index in [9.17, 15) is 14.7 Å². The quantitative estimate of drug-likeness (QED) is 0.563. The summed E-state index contributed by atoms with van der Waals surface area (Å²) in [5.74, 6) is -1.39. The van der Waals surface area contributed by atoms with Gasteiger partial charge in [0.15, 0.2) is 0 Å². The lowest BCUT2D eigenvalue weighted by atomic mass is 10.0. The fourth-order valence-corrected chi connectivity index (χ4v) is 1.84. The minimum Gasteiger partial charge on any atom is -0.481 e. The molecule has 1 aromatic rings. The van der Waals surface area contributed by atoms with Crippen LogP contribution in [0.5, 0.6) is 0 Å². The van der Waals surface area contributed by atoms with Crippen molar-refractivity contribution in [3.05, 3.63) is 35.4 Å². The number of carbonyl (C=O) groups excluding carboxylic acids is 1. The third-order valence-electron chi connectivity index (χ3n) is 2.89. The summed E-state index contributed by atoms with van der Waals surface area (Å²) in [7, 11) is 0. The molecule has 0 aliphatic carbocycles.